The number of aliphatic carboxylic acids is 1. The van der Waals surface area contributed by atoms with Crippen molar-refractivity contribution in [2.45, 2.75) is 38.1 Å². The summed E-state index contributed by atoms with van der Waals surface area (Å²) in [5.74, 6) is 0.543. The second-order valence-corrected chi connectivity index (χ2v) is 6.60. The van der Waals surface area contributed by atoms with Crippen LogP contribution in [0.5, 0.6) is 11.5 Å². The molecular weight excluding hydrogens is 318 g/mol. The van der Waals surface area contributed by atoms with E-state index in [1.54, 1.807) is 0 Å². The van der Waals surface area contributed by atoms with Gasteiger partial charge >= 0.3 is 5.97 Å². The van der Waals surface area contributed by atoms with Crippen LogP contribution in [-0.2, 0) is 11.2 Å². The first-order valence-electron chi connectivity index (χ1n) is 8.17. The van der Waals surface area contributed by atoms with Gasteiger partial charge in [-0.05, 0) is 56.3 Å². The minimum absolute atomic E-state index is 0.162. The Balaban J connectivity index is 1.48. The zero-order valence-corrected chi connectivity index (χ0v) is 13.8. The summed E-state index contributed by atoms with van der Waals surface area (Å²) in [5.41, 5.74) is 1.12. The van der Waals surface area contributed by atoms with Crippen molar-refractivity contribution in [1.82, 2.24) is 5.32 Å². The molecule has 6 heteroatoms. The molecule has 1 saturated carbocycles. The number of carbonyl (C=O) groups is 1. The van der Waals surface area contributed by atoms with Crippen LogP contribution in [0.4, 0.5) is 0 Å². The lowest BCUT2D eigenvalue weighted by molar-refractivity contribution is -0.142. The Kier molecular flexibility index (Phi) is 5.28. The van der Waals surface area contributed by atoms with E-state index in [4.69, 9.17) is 26.2 Å². The maximum atomic E-state index is 11.0. The van der Waals surface area contributed by atoms with E-state index in [0.717, 1.165) is 50.0 Å². The average molecular weight is 340 g/mol. The molecule has 3 rings (SSSR count). The molecule has 0 spiro atoms. The molecule has 1 aromatic rings. The number of fused-ring (bicyclic) bond motifs is 1. The highest BCUT2D eigenvalue weighted by Gasteiger charge is 2.25. The summed E-state index contributed by atoms with van der Waals surface area (Å²) in [6.45, 7) is 1.93. The van der Waals surface area contributed by atoms with Crippen LogP contribution in [0.1, 0.15) is 31.2 Å². The van der Waals surface area contributed by atoms with E-state index in [1.165, 1.54) is 0 Å². The molecule has 5 nitrogen and oxygen atoms in total. The van der Waals surface area contributed by atoms with Gasteiger partial charge in [-0.25, -0.2) is 0 Å². The van der Waals surface area contributed by atoms with Crippen LogP contribution >= 0.6 is 11.6 Å². The number of ether oxygens (including phenoxy) is 2. The van der Waals surface area contributed by atoms with E-state index in [9.17, 15) is 4.79 Å². The third-order valence-corrected chi connectivity index (χ3v) is 4.86. The Hall–Kier alpha value is -1.46. The van der Waals surface area contributed by atoms with Gasteiger partial charge in [0.05, 0.1) is 10.9 Å². The molecule has 1 heterocycles. The zero-order chi connectivity index (χ0) is 16.2. The minimum atomic E-state index is -0.658. The van der Waals surface area contributed by atoms with E-state index in [-0.39, 0.29) is 5.92 Å². The fourth-order valence-corrected chi connectivity index (χ4v) is 3.56. The first kappa shape index (κ1) is 16.4. The highest BCUT2D eigenvalue weighted by molar-refractivity contribution is 6.32. The fraction of sp³-hybridized carbons (Fsp3) is 0.588. The number of hydrogen-bond acceptors (Lipinski definition) is 4. The number of hydrogen-bond donors (Lipinski definition) is 2. The van der Waals surface area contributed by atoms with Crippen molar-refractivity contribution < 1.29 is 19.4 Å². The van der Waals surface area contributed by atoms with Crippen LogP contribution in [0.25, 0.3) is 0 Å². The van der Waals surface area contributed by atoms with Crippen LogP contribution < -0.4 is 14.8 Å². The Bertz CT molecular complexity index is 570. The Morgan fingerprint density at radius 3 is 2.70 bits per heavy atom. The molecule has 0 saturated heterocycles. The van der Waals surface area contributed by atoms with Crippen molar-refractivity contribution in [3.63, 3.8) is 0 Å². The Morgan fingerprint density at radius 1 is 1.22 bits per heavy atom. The SMILES string of the molecule is O=C(O)C1CCC(NCCc2cc(Cl)c3c(c2)OCCO3)CC1. The molecule has 126 valence electrons. The maximum Gasteiger partial charge on any atom is 0.306 e. The standard InChI is InChI=1S/C17H22ClNO4/c18-14-9-11(10-15-16(14)23-8-7-22-15)5-6-19-13-3-1-12(2-4-13)17(20)21/h9-10,12-13,19H,1-8H2,(H,20,21). The minimum Gasteiger partial charge on any atom is -0.486 e. The summed E-state index contributed by atoms with van der Waals surface area (Å²) in [5, 5.41) is 13.1. The van der Waals surface area contributed by atoms with Gasteiger partial charge in [0.25, 0.3) is 0 Å². The Labute approximate surface area is 140 Å². The lowest BCUT2D eigenvalue weighted by atomic mass is 9.86. The molecule has 0 unspecified atom stereocenters. The van der Waals surface area contributed by atoms with E-state index in [0.29, 0.717) is 30.0 Å². The summed E-state index contributed by atoms with van der Waals surface area (Å²) in [6.07, 6.45) is 4.25. The highest BCUT2D eigenvalue weighted by Crippen LogP contribution is 2.38. The smallest absolute Gasteiger partial charge is 0.306 e. The normalized spacial score (nSPS) is 23.5. The fourth-order valence-electron chi connectivity index (χ4n) is 3.27. The summed E-state index contributed by atoms with van der Waals surface area (Å²) < 4.78 is 11.1. The summed E-state index contributed by atoms with van der Waals surface area (Å²) >= 11 is 6.24. The molecular formula is C17H22ClNO4. The van der Waals surface area contributed by atoms with Gasteiger partial charge in [-0.1, -0.05) is 11.6 Å². The maximum absolute atomic E-state index is 11.0. The second-order valence-electron chi connectivity index (χ2n) is 6.19. The molecule has 2 aliphatic rings. The van der Waals surface area contributed by atoms with Gasteiger partial charge in [0.1, 0.15) is 13.2 Å². The molecule has 2 N–H and O–H groups in total. The van der Waals surface area contributed by atoms with Crippen molar-refractivity contribution in [1.29, 1.82) is 0 Å². The van der Waals surface area contributed by atoms with Crippen molar-refractivity contribution >= 4 is 17.6 Å². The van der Waals surface area contributed by atoms with Gasteiger partial charge in [0.2, 0.25) is 0 Å². The third-order valence-electron chi connectivity index (χ3n) is 4.58. The van der Waals surface area contributed by atoms with Gasteiger partial charge < -0.3 is 19.9 Å². The van der Waals surface area contributed by atoms with Crippen molar-refractivity contribution in [2.75, 3.05) is 19.8 Å². The van der Waals surface area contributed by atoms with E-state index in [2.05, 4.69) is 5.32 Å². The molecule has 0 radical (unpaired) electrons. The number of carboxylic acids is 1. The van der Waals surface area contributed by atoms with Crippen LogP contribution in [0.2, 0.25) is 5.02 Å². The van der Waals surface area contributed by atoms with Crippen LogP contribution in [0.3, 0.4) is 0 Å². The van der Waals surface area contributed by atoms with E-state index < -0.39 is 5.97 Å². The van der Waals surface area contributed by atoms with Gasteiger partial charge in [-0.3, -0.25) is 4.79 Å². The summed E-state index contributed by atoms with van der Waals surface area (Å²) in [4.78, 5) is 11.0. The summed E-state index contributed by atoms with van der Waals surface area (Å²) in [6, 6.07) is 4.33. The molecule has 1 fully saturated rings. The zero-order valence-electron chi connectivity index (χ0n) is 13.0. The summed E-state index contributed by atoms with van der Waals surface area (Å²) in [7, 11) is 0. The van der Waals surface area contributed by atoms with Crippen LogP contribution in [0, 0.1) is 5.92 Å². The Morgan fingerprint density at radius 2 is 1.96 bits per heavy atom. The predicted molar refractivity (Wildman–Crippen MR) is 87.5 cm³/mol. The number of carboxylic acid groups (broad SMARTS) is 1. The lowest BCUT2D eigenvalue weighted by Gasteiger charge is -2.27. The molecule has 0 amide bonds. The van der Waals surface area contributed by atoms with Crippen molar-refractivity contribution in [3.05, 3.63) is 22.7 Å². The quantitative estimate of drug-likeness (QED) is 0.863. The predicted octanol–water partition coefficient (Wildman–Crippen LogP) is 2.89. The molecule has 0 aromatic heterocycles. The van der Waals surface area contributed by atoms with Gasteiger partial charge in [-0.2, -0.15) is 0 Å². The highest BCUT2D eigenvalue weighted by atomic mass is 35.5. The molecule has 1 aromatic carbocycles. The monoisotopic (exact) mass is 339 g/mol. The molecule has 23 heavy (non-hydrogen) atoms. The van der Waals surface area contributed by atoms with Gasteiger partial charge in [0, 0.05) is 6.04 Å². The second kappa shape index (κ2) is 7.41. The first-order chi connectivity index (χ1) is 11.1. The number of rotatable bonds is 5. The van der Waals surface area contributed by atoms with Crippen molar-refractivity contribution in [3.8, 4) is 11.5 Å². The first-order valence-corrected chi connectivity index (χ1v) is 8.55. The van der Waals surface area contributed by atoms with E-state index >= 15 is 0 Å². The molecule has 0 bridgehead atoms. The van der Waals surface area contributed by atoms with Gasteiger partial charge in [0.15, 0.2) is 11.5 Å². The largest absolute Gasteiger partial charge is 0.486 e. The molecule has 1 aliphatic carbocycles. The third kappa shape index (κ3) is 4.09. The number of halogens is 1. The molecule has 0 atom stereocenters. The molecule has 1 aliphatic heterocycles. The number of nitrogens with one attached hydrogen (secondary N) is 1. The van der Waals surface area contributed by atoms with E-state index in [1.807, 2.05) is 12.1 Å². The lowest BCUT2D eigenvalue weighted by Crippen LogP contribution is -2.36. The topological polar surface area (TPSA) is 67.8 Å². The average Bonchev–Trinajstić information content (AvgIpc) is 2.55. The van der Waals surface area contributed by atoms with Crippen LogP contribution in [0.15, 0.2) is 12.1 Å². The van der Waals surface area contributed by atoms with Gasteiger partial charge in [-0.15, -0.1) is 0 Å². The number of benzene rings is 1. The van der Waals surface area contributed by atoms with Crippen LogP contribution in [-0.4, -0.2) is 36.9 Å². The van der Waals surface area contributed by atoms with Crippen molar-refractivity contribution in [2.24, 2.45) is 5.92 Å².